The molecule has 2 nitrogen and oxygen atoms in total. The summed E-state index contributed by atoms with van der Waals surface area (Å²) < 4.78 is 5.73. The second-order valence-corrected chi connectivity index (χ2v) is 6.62. The lowest BCUT2D eigenvalue weighted by Crippen LogP contribution is -1.92. The molecule has 0 aliphatic carbocycles. The number of aromatic nitrogens is 1. The van der Waals surface area contributed by atoms with E-state index in [0.717, 1.165) is 23.4 Å². The number of oxazole rings is 1. The first kappa shape index (κ1) is 11.9. The molecule has 0 spiro atoms. The molecule has 0 fully saturated rings. The minimum atomic E-state index is 0.268. The highest BCUT2D eigenvalue weighted by Gasteiger charge is 2.14. The quantitative estimate of drug-likeness (QED) is 0.643. The van der Waals surface area contributed by atoms with Crippen molar-refractivity contribution in [3.05, 3.63) is 52.0 Å². The van der Waals surface area contributed by atoms with Crippen molar-refractivity contribution >= 4 is 38.4 Å². The lowest BCUT2D eigenvalue weighted by molar-refractivity contribution is 0.528. The number of nitrogens with zero attached hydrogens (tertiary/aromatic N) is 1. The van der Waals surface area contributed by atoms with Gasteiger partial charge < -0.3 is 4.42 Å². The van der Waals surface area contributed by atoms with Gasteiger partial charge in [-0.3, -0.25) is 0 Å². The molecule has 2 heterocycles. The topological polar surface area (TPSA) is 26.0 Å². The highest BCUT2D eigenvalue weighted by Crippen LogP contribution is 2.32. The van der Waals surface area contributed by atoms with E-state index in [0.29, 0.717) is 0 Å². The van der Waals surface area contributed by atoms with Crippen LogP contribution in [0.5, 0.6) is 0 Å². The van der Waals surface area contributed by atoms with Gasteiger partial charge in [0.2, 0.25) is 0 Å². The van der Waals surface area contributed by atoms with Gasteiger partial charge in [-0.25, -0.2) is 4.98 Å². The fourth-order valence-electron chi connectivity index (χ4n) is 1.88. The van der Waals surface area contributed by atoms with Gasteiger partial charge in [0.25, 0.3) is 0 Å². The van der Waals surface area contributed by atoms with Gasteiger partial charge in [0, 0.05) is 16.2 Å². The summed E-state index contributed by atoms with van der Waals surface area (Å²) in [6.07, 6.45) is 0.772. The van der Waals surface area contributed by atoms with Gasteiger partial charge in [-0.1, -0.05) is 28.1 Å². The van der Waals surface area contributed by atoms with Crippen molar-refractivity contribution in [2.24, 2.45) is 0 Å². The number of hydrogen-bond acceptors (Lipinski definition) is 3. The Hall–Kier alpha value is -1.13. The molecule has 92 valence electrons. The van der Waals surface area contributed by atoms with Crippen molar-refractivity contribution in [3.8, 4) is 0 Å². The Bertz CT molecular complexity index is 640. The smallest absolute Gasteiger partial charge is 0.196 e. The van der Waals surface area contributed by atoms with Crippen LogP contribution in [0.15, 0.2) is 40.8 Å². The maximum absolute atomic E-state index is 5.73. The summed E-state index contributed by atoms with van der Waals surface area (Å²) in [6.45, 7) is 2.12. The third-order valence-corrected chi connectivity index (χ3v) is 5.00. The van der Waals surface area contributed by atoms with Crippen molar-refractivity contribution in [3.63, 3.8) is 0 Å². The summed E-state index contributed by atoms with van der Waals surface area (Å²) in [5, 5.41) is 0. The van der Waals surface area contributed by atoms with Crippen molar-refractivity contribution < 1.29 is 4.42 Å². The van der Waals surface area contributed by atoms with E-state index in [4.69, 9.17) is 4.42 Å². The predicted molar refractivity (Wildman–Crippen MR) is 78.4 cm³/mol. The highest BCUT2D eigenvalue weighted by atomic mass is 79.9. The lowest BCUT2D eigenvalue weighted by Gasteiger charge is -2.03. The molecular formula is C14H12BrNOS. The van der Waals surface area contributed by atoms with Gasteiger partial charge in [-0.15, -0.1) is 11.3 Å². The normalized spacial score (nSPS) is 13.0. The van der Waals surface area contributed by atoms with Crippen molar-refractivity contribution in [2.45, 2.75) is 18.2 Å². The average molecular weight is 322 g/mol. The summed E-state index contributed by atoms with van der Waals surface area (Å²) in [7, 11) is 0. The molecule has 0 amide bonds. The van der Waals surface area contributed by atoms with Crippen molar-refractivity contribution in [2.75, 3.05) is 0 Å². The summed E-state index contributed by atoms with van der Waals surface area (Å²) >= 11 is 5.51. The molecule has 3 rings (SSSR count). The van der Waals surface area contributed by atoms with Crippen LogP contribution < -0.4 is 0 Å². The number of benzene rings is 1. The molecule has 1 unspecified atom stereocenters. The Balaban J connectivity index is 1.83. The van der Waals surface area contributed by atoms with Crippen LogP contribution in [0.3, 0.4) is 0 Å². The monoisotopic (exact) mass is 321 g/mol. The minimum Gasteiger partial charge on any atom is -0.441 e. The maximum atomic E-state index is 5.73. The first-order chi connectivity index (χ1) is 8.72. The van der Waals surface area contributed by atoms with E-state index in [1.165, 1.54) is 9.75 Å². The van der Waals surface area contributed by atoms with Gasteiger partial charge in [-0.05, 0) is 31.2 Å². The molecule has 3 aromatic rings. The molecule has 0 aliphatic heterocycles. The molecule has 0 N–H and O–H groups in total. The number of thiophene rings is 1. The number of halogens is 1. The summed E-state index contributed by atoms with van der Waals surface area (Å²) in [5.74, 6) is 0.782. The standard InChI is InChI=1S/C14H12BrNOS/c1-9-6-7-13(18-9)10(15)8-14-16-11-4-2-3-5-12(11)17-14/h2-7,10H,8H2,1H3. The molecule has 2 aromatic heterocycles. The maximum Gasteiger partial charge on any atom is 0.196 e. The molecule has 0 aliphatic rings. The van der Waals surface area contributed by atoms with Crippen LogP contribution in [0.4, 0.5) is 0 Å². The Morgan fingerprint density at radius 3 is 2.83 bits per heavy atom. The van der Waals surface area contributed by atoms with E-state index in [1.807, 2.05) is 24.3 Å². The van der Waals surface area contributed by atoms with Gasteiger partial charge in [0.15, 0.2) is 11.5 Å². The van der Waals surface area contributed by atoms with Gasteiger partial charge in [-0.2, -0.15) is 0 Å². The molecule has 18 heavy (non-hydrogen) atoms. The summed E-state index contributed by atoms with van der Waals surface area (Å²) in [6, 6.07) is 12.2. The third kappa shape index (κ3) is 2.35. The molecule has 0 saturated carbocycles. The molecule has 0 bridgehead atoms. The SMILES string of the molecule is Cc1ccc(C(Br)Cc2nc3ccccc3o2)s1. The molecular weight excluding hydrogens is 310 g/mol. The fourth-order valence-corrected chi connectivity index (χ4v) is 3.45. The van der Waals surface area contributed by atoms with Crippen LogP contribution >= 0.6 is 27.3 Å². The van der Waals surface area contributed by atoms with Crippen LogP contribution in [0.1, 0.15) is 20.5 Å². The van der Waals surface area contributed by atoms with E-state index >= 15 is 0 Å². The van der Waals surface area contributed by atoms with Crippen LogP contribution in [-0.2, 0) is 6.42 Å². The largest absolute Gasteiger partial charge is 0.441 e. The van der Waals surface area contributed by atoms with Crippen LogP contribution in [0.2, 0.25) is 0 Å². The first-order valence-corrected chi connectivity index (χ1v) is 7.50. The second-order valence-electron chi connectivity index (χ2n) is 4.20. The zero-order valence-corrected chi connectivity index (χ0v) is 12.3. The Kier molecular flexibility index (Phi) is 3.22. The van der Waals surface area contributed by atoms with Crippen molar-refractivity contribution in [1.29, 1.82) is 0 Å². The van der Waals surface area contributed by atoms with E-state index in [9.17, 15) is 0 Å². The molecule has 1 atom stereocenters. The van der Waals surface area contributed by atoms with Crippen LogP contribution in [0.25, 0.3) is 11.1 Å². The highest BCUT2D eigenvalue weighted by molar-refractivity contribution is 9.09. The van der Waals surface area contributed by atoms with E-state index in [-0.39, 0.29) is 4.83 Å². The van der Waals surface area contributed by atoms with Crippen molar-refractivity contribution in [1.82, 2.24) is 4.98 Å². The van der Waals surface area contributed by atoms with E-state index < -0.39 is 0 Å². The zero-order valence-electron chi connectivity index (χ0n) is 9.89. The molecule has 0 radical (unpaired) electrons. The minimum absolute atomic E-state index is 0.268. The Morgan fingerprint density at radius 2 is 2.11 bits per heavy atom. The second kappa shape index (κ2) is 4.86. The fraction of sp³-hybridized carbons (Fsp3) is 0.214. The number of fused-ring (bicyclic) bond motifs is 1. The lowest BCUT2D eigenvalue weighted by atomic mass is 10.2. The average Bonchev–Trinajstić information content (AvgIpc) is 2.94. The van der Waals surface area contributed by atoms with Crippen LogP contribution in [0, 0.1) is 6.92 Å². The van der Waals surface area contributed by atoms with E-state index in [2.05, 4.69) is 40.0 Å². The van der Waals surface area contributed by atoms with Gasteiger partial charge >= 0.3 is 0 Å². The van der Waals surface area contributed by atoms with Gasteiger partial charge in [0.1, 0.15) is 5.52 Å². The van der Waals surface area contributed by atoms with Gasteiger partial charge in [0.05, 0.1) is 4.83 Å². The number of alkyl halides is 1. The zero-order chi connectivity index (χ0) is 12.5. The van der Waals surface area contributed by atoms with Crippen LogP contribution in [-0.4, -0.2) is 4.98 Å². The number of rotatable bonds is 3. The number of aryl methyl sites for hydroxylation is 1. The molecule has 0 saturated heterocycles. The Morgan fingerprint density at radius 1 is 1.28 bits per heavy atom. The summed E-state index contributed by atoms with van der Waals surface area (Å²) in [4.78, 5) is 7.40. The molecule has 1 aromatic carbocycles. The number of hydrogen-bond donors (Lipinski definition) is 0. The molecule has 4 heteroatoms. The Labute approximate surface area is 118 Å². The summed E-state index contributed by atoms with van der Waals surface area (Å²) in [5.41, 5.74) is 1.78. The first-order valence-electron chi connectivity index (χ1n) is 5.77. The number of para-hydroxylation sites is 2. The third-order valence-electron chi connectivity index (χ3n) is 2.76. The predicted octanol–water partition coefficient (Wildman–Crippen LogP) is 4.88. The van der Waals surface area contributed by atoms with E-state index in [1.54, 1.807) is 11.3 Å².